The molecule has 1 aliphatic heterocycles. The lowest BCUT2D eigenvalue weighted by atomic mass is 9.90. The van der Waals surface area contributed by atoms with Crippen LogP contribution >= 0.6 is 0 Å². The van der Waals surface area contributed by atoms with Crippen LogP contribution in [0.15, 0.2) is 53.8 Å². The number of rotatable bonds is 6. The summed E-state index contributed by atoms with van der Waals surface area (Å²) in [4.78, 5) is 18.5. The summed E-state index contributed by atoms with van der Waals surface area (Å²) < 4.78 is 7.76. The van der Waals surface area contributed by atoms with Crippen molar-refractivity contribution in [2.45, 2.75) is 37.8 Å². The molecule has 40 heavy (non-hydrogen) atoms. The molecule has 3 N–H and O–H groups in total. The Morgan fingerprint density at radius 2 is 1.75 bits per heavy atom. The summed E-state index contributed by atoms with van der Waals surface area (Å²) in [5.74, 6) is 1.18. The topological polar surface area (TPSA) is 118 Å². The number of benzene rings is 2. The Bertz CT molecular complexity index is 1520. The Kier molecular flexibility index (Phi) is 7.36. The van der Waals surface area contributed by atoms with Crippen molar-refractivity contribution in [1.82, 2.24) is 29.5 Å². The number of para-hydroxylation sites is 1. The van der Waals surface area contributed by atoms with Crippen LogP contribution in [-0.2, 0) is 0 Å². The van der Waals surface area contributed by atoms with Crippen LogP contribution in [-0.4, -0.2) is 87.2 Å². The third kappa shape index (κ3) is 5.12. The summed E-state index contributed by atoms with van der Waals surface area (Å²) in [5, 5.41) is 15.9. The van der Waals surface area contributed by atoms with Gasteiger partial charge in [-0.2, -0.15) is 5.10 Å². The number of likely N-dealkylation sites (N-methyl/N-ethyl adjacent to an activating group) is 1. The highest BCUT2D eigenvalue weighted by molar-refractivity contribution is 5.98. The van der Waals surface area contributed by atoms with Crippen molar-refractivity contribution in [2.24, 2.45) is 4.99 Å². The van der Waals surface area contributed by atoms with Crippen molar-refractivity contribution >= 4 is 28.8 Å². The summed E-state index contributed by atoms with van der Waals surface area (Å²) in [5.41, 5.74) is 10.0. The van der Waals surface area contributed by atoms with Crippen molar-refractivity contribution < 1.29 is 9.84 Å². The Hall–Kier alpha value is -4.02. The fourth-order valence-corrected chi connectivity index (χ4v) is 5.97. The molecule has 208 valence electrons. The van der Waals surface area contributed by atoms with Crippen molar-refractivity contribution in [3.63, 3.8) is 0 Å². The maximum Gasteiger partial charge on any atom is 0.164 e. The molecule has 0 radical (unpaired) electrons. The van der Waals surface area contributed by atoms with E-state index in [-0.39, 0.29) is 11.8 Å². The Labute approximate surface area is 234 Å². The van der Waals surface area contributed by atoms with Gasteiger partial charge >= 0.3 is 0 Å². The number of aliphatic imine (C=N–C) groups is 1. The number of hydrogen-bond donors (Lipinski definition) is 2. The van der Waals surface area contributed by atoms with Gasteiger partial charge in [0.1, 0.15) is 35.0 Å². The van der Waals surface area contributed by atoms with E-state index in [1.165, 1.54) is 6.33 Å². The number of nitrogens with zero attached hydrogens (tertiary/aromatic N) is 7. The van der Waals surface area contributed by atoms with Gasteiger partial charge in [0.05, 0.1) is 18.5 Å². The fraction of sp³-hybridized carbons (Fsp3) is 0.400. The molecule has 0 bridgehead atoms. The number of nitrogens with two attached hydrogens (primary N) is 1. The minimum absolute atomic E-state index is 0.173. The van der Waals surface area contributed by atoms with E-state index in [0.29, 0.717) is 28.9 Å². The monoisotopic (exact) mass is 540 g/mol. The van der Waals surface area contributed by atoms with Gasteiger partial charge in [-0.15, -0.1) is 0 Å². The van der Waals surface area contributed by atoms with E-state index >= 15 is 0 Å². The quantitative estimate of drug-likeness (QED) is 0.348. The van der Waals surface area contributed by atoms with Crippen molar-refractivity contribution in [3.05, 3.63) is 54.4 Å². The first-order valence-corrected chi connectivity index (χ1v) is 13.9. The summed E-state index contributed by atoms with van der Waals surface area (Å²) in [6.45, 7) is 4.59. The van der Waals surface area contributed by atoms with Crippen molar-refractivity contribution in [3.8, 4) is 22.8 Å². The summed E-state index contributed by atoms with van der Waals surface area (Å²) in [6.07, 6.45) is 7.57. The molecule has 2 aliphatic rings. The van der Waals surface area contributed by atoms with Gasteiger partial charge in [0.2, 0.25) is 0 Å². The first-order chi connectivity index (χ1) is 19.5. The normalized spacial score (nSPS) is 20.9. The van der Waals surface area contributed by atoms with Gasteiger partial charge in [-0.3, -0.25) is 9.89 Å². The summed E-state index contributed by atoms with van der Waals surface area (Å²) >= 11 is 0. The van der Waals surface area contributed by atoms with Crippen LogP contribution in [0.1, 0.15) is 37.3 Å². The van der Waals surface area contributed by atoms with E-state index in [4.69, 9.17) is 15.6 Å². The van der Waals surface area contributed by atoms with Crippen molar-refractivity contribution in [1.29, 1.82) is 0 Å². The van der Waals surface area contributed by atoms with E-state index in [9.17, 15) is 5.11 Å². The highest BCUT2D eigenvalue weighted by Gasteiger charge is 2.30. The van der Waals surface area contributed by atoms with E-state index in [1.807, 2.05) is 24.3 Å². The number of aromatic hydroxyl groups is 1. The lowest BCUT2D eigenvalue weighted by Crippen LogP contribution is -2.49. The zero-order valence-electron chi connectivity index (χ0n) is 23.1. The molecule has 1 saturated heterocycles. The molecule has 2 aromatic carbocycles. The number of anilines is 1. The third-order valence-corrected chi connectivity index (χ3v) is 8.32. The fourth-order valence-electron chi connectivity index (χ4n) is 5.97. The first-order valence-electron chi connectivity index (χ1n) is 13.9. The van der Waals surface area contributed by atoms with Crippen LogP contribution in [0.4, 0.5) is 11.5 Å². The molecular weight excluding hydrogens is 504 g/mol. The molecule has 2 fully saturated rings. The molecule has 0 atom stereocenters. The second-order valence-electron chi connectivity index (χ2n) is 10.8. The van der Waals surface area contributed by atoms with Gasteiger partial charge < -0.3 is 20.5 Å². The SMILES string of the molecule is COc1cc(-c2nn(C3CCC(N4CCN(C)CC4)CC3)c3ncnc(N)c23)ccc1N=Cc1ccccc1O. The van der Waals surface area contributed by atoms with Gasteiger partial charge in [0.15, 0.2) is 5.65 Å². The van der Waals surface area contributed by atoms with Gasteiger partial charge in [0, 0.05) is 49.6 Å². The molecule has 0 unspecified atom stereocenters. The minimum Gasteiger partial charge on any atom is -0.507 e. The largest absolute Gasteiger partial charge is 0.507 e. The van der Waals surface area contributed by atoms with Crippen LogP contribution in [0.25, 0.3) is 22.3 Å². The highest BCUT2D eigenvalue weighted by atomic mass is 16.5. The lowest BCUT2D eigenvalue weighted by molar-refractivity contribution is 0.0815. The zero-order valence-corrected chi connectivity index (χ0v) is 23.1. The number of hydrogen-bond acceptors (Lipinski definition) is 9. The maximum absolute atomic E-state index is 10.1. The summed E-state index contributed by atoms with van der Waals surface area (Å²) in [6, 6.07) is 13.7. The molecule has 4 aromatic rings. The Morgan fingerprint density at radius 3 is 2.50 bits per heavy atom. The minimum atomic E-state index is 0.173. The number of phenols is 1. The zero-order chi connectivity index (χ0) is 27.6. The van der Waals surface area contributed by atoms with Gasteiger partial charge in [-0.05, 0) is 57.0 Å². The standard InChI is InChI=1S/C30H36N8O2/c1-36-13-15-37(16-14-36)22-8-10-23(11-9-22)38-30-27(29(31)33-19-34-30)28(35-38)20-7-12-24(26(17-20)40-2)32-18-21-5-3-4-6-25(21)39/h3-7,12,17-19,22-23,39H,8-11,13-16H2,1-2H3,(H2,31,33,34). The Morgan fingerprint density at radius 1 is 1.00 bits per heavy atom. The highest BCUT2D eigenvalue weighted by Crippen LogP contribution is 2.39. The molecule has 0 spiro atoms. The maximum atomic E-state index is 10.1. The average molecular weight is 541 g/mol. The molecule has 6 rings (SSSR count). The van der Waals surface area contributed by atoms with E-state index in [2.05, 4.69) is 36.5 Å². The van der Waals surface area contributed by atoms with E-state index in [0.717, 1.165) is 74.2 Å². The number of methoxy groups -OCH3 is 1. The number of aromatic nitrogens is 4. The first kappa shape index (κ1) is 26.2. The van der Waals surface area contributed by atoms with Crippen LogP contribution in [0.2, 0.25) is 0 Å². The van der Waals surface area contributed by atoms with Gasteiger partial charge in [0.25, 0.3) is 0 Å². The summed E-state index contributed by atoms with van der Waals surface area (Å²) in [7, 11) is 3.82. The third-order valence-electron chi connectivity index (χ3n) is 8.32. The van der Waals surface area contributed by atoms with Crippen LogP contribution in [0.3, 0.4) is 0 Å². The lowest BCUT2D eigenvalue weighted by Gasteiger charge is -2.41. The number of phenolic OH excluding ortho intramolecular Hbond substituents is 1. The molecule has 10 nitrogen and oxygen atoms in total. The van der Waals surface area contributed by atoms with Crippen LogP contribution in [0, 0.1) is 0 Å². The Balaban J connectivity index is 1.28. The van der Waals surface area contributed by atoms with E-state index in [1.54, 1.807) is 31.5 Å². The predicted octanol–water partition coefficient (Wildman–Crippen LogP) is 4.27. The molecule has 10 heteroatoms. The number of nitrogen functional groups attached to an aromatic ring is 1. The van der Waals surface area contributed by atoms with Crippen molar-refractivity contribution in [2.75, 3.05) is 46.1 Å². The molecule has 1 saturated carbocycles. The average Bonchev–Trinajstić information content (AvgIpc) is 3.38. The number of fused-ring (bicyclic) bond motifs is 1. The smallest absolute Gasteiger partial charge is 0.164 e. The molecule has 1 aliphatic carbocycles. The van der Waals surface area contributed by atoms with Gasteiger partial charge in [-0.25, -0.2) is 14.6 Å². The second kappa shape index (κ2) is 11.2. The molecule has 3 heterocycles. The predicted molar refractivity (Wildman–Crippen MR) is 157 cm³/mol. The number of ether oxygens (including phenoxy) is 1. The molecule has 0 amide bonds. The molecular formula is C30H36N8O2. The van der Waals surface area contributed by atoms with E-state index < -0.39 is 0 Å². The second-order valence-corrected chi connectivity index (χ2v) is 10.8. The molecule has 2 aromatic heterocycles. The van der Waals surface area contributed by atoms with Crippen LogP contribution in [0.5, 0.6) is 11.5 Å². The number of piperazine rings is 1. The van der Waals surface area contributed by atoms with Gasteiger partial charge in [-0.1, -0.05) is 18.2 Å². The van der Waals surface area contributed by atoms with Crippen LogP contribution < -0.4 is 10.5 Å².